The average Bonchev–Trinajstić information content (AvgIpc) is 2.91. The fourth-order valence-electron chi connectivity index (χ4n) is 4.50. The number of rotatable bonds is 7. The summed E-state index contributed by atoms with van der Waals surface area (Å²) in [6, 6.07) is 14.4. The minimum atomic E-state index is -3.08. The van der Waals surface area contributed by atoms with E-state index in [1.807, 2.05) is 35.2 Å². The van der Waals surface area contributed by atoms with Crippen LogP contribution in [0.4, 0.5) is 10.5 Å². The number of anilines is 1. The Kier molecular flexibility index (Phi) is 8.59. The lowest BCUT2D eigenvalue weighted by atomic mass is 9.99. The van der Waals surface area contributed by atoms with Gasteiger partial charge in [0.15, 0.2) is 9.84 Å². The van der Waals surface area contributed by atoms with Crippen molar-refractivity contribution in [2.45, 2.75) is 13.0 Å². The number of carbonyl (C=O) groups is 2. The monoisotopic (exact) mass is 528 g/mol. The van der Waals surface area contributed by atoms with E-state index in [0.29, 0.717) is 57.9 Å². The number of hydrogen-bond donors (Lipinski definition) is 2. The minimum Gasteiger partial charge on any atom is -0.378 e. The van der Waals surface area contributed by atoms with Crippen LogP contribution >= 0.6 is 0 Å². The fraction of sp³-hybridized carbons (Fsp3) is 0.385. The van der Waals surface area contributed by atoms with Gasteiger partial charge in [-0.15, -0.1) is 0 Å². The molecular formula is C26H32N4O6S. The zero-order valence-electron chi connectivity index (χ0n) is 20.8. The second-order valence-corrected chi connectivity index (χ2v) is 11.4. The lowest BCUT2D eigenvalue weighted by Gasteiger charge is -2.33. The molecule has 2 aromatic carbocycles. The van der Waals surface area contributed by atoms with Crippen molar-refractivity contribution in [3.05, 3.63) is 71.3 Å². The van der Waals surface area contributed by atoms with Gasteiger partial charge in [-0.3, -0.25) is 19.8 Å². The number of ether oxygens (including phenoxy) is 1. The van der Waals surface area contributed by atoms with Gasteiger partial charge in [0.25, 0.3) is 5.91 Å². The van der Waals surface area contributed by atoms with Gasteiger partial charge in [-0.05, 0) is 47.4 Å². The van der Waals surface area contributed by atoms with Gasteiger partial charge >= 0.3 is 6.03 Å². The third-order valence-electron chi connectivity index (χ3n) is 6.41. The van der Waals surface area contributed by atoms with Crippen molar-refractivity contribution >= 4 is 33.0 Å². The van der Waals surface area contributed by atoms with Gasteiger partial charge in [0, 0.05) is 43.7 Å². The largest absolute Gasteiger partial charge is 0.378 e. The molecule has 198 valence electrons. The number of sulfone groups is 1. The molecule has 10 nitrogen and oxygen atoms in total. The Balaban J connectivity index is 1.58. The number of benzene rings is 2. The molecule has 37 heavy (non-hydrogen) atoms. The summed E-state index contributed by atoms with van der Waals surface area (Å²) >= 11 is 0. The summed E-state index contributed by atoms with van der Waals surface area (Å²) in [5.74, 6) is -0.562. The van der Waals surface area contributed by atoms with Crippen LogP contribution in [-0.4, -0.2) is 86.9 Å². The van der Waals surface area contributed by atoms with Crippen molar-refractivity contribution < 1.29 is 28.0 Å². The van der Waals surface area contributed by atoms with Crippen LogP contribution in [0.15, 0.2) is 54.6 Å². The number of hydrogen-bond acceptors (Lipinski definition) is 7. The second-order valence-electron chi connectivity index (χ2n) is 9.27. The van der Waals surface area contributed by atoms with Crippen molar-refractivity contribution in [1.29, 1.82) is 0 Å². The van der Waals surface area contributed by atoms with Crippen LogP contribution < -0.4 is 10.4 Å². The van der Waals surface area contributed by atoms with Gasteiger partial charge in [-0.25, -0.2) is 18.7 Å². The summed E-state index contributed by atoms with van der Waals surface area (Å²) in [5, 5.41) is 8.86. The maximum atomic E-state index is 13.6. The van der Waals surface area contributed by atoms with E-state index in [0.717, 1.165) is 22.4 Å². The smallest absolute Gasteiger partial charge is 0.324 e. The molecular weight excluding hydrogens is 496 g/mol. The van der Waals surface area contributed by atoms with E-state index in [2.05, 4.69) is 0 Å². The van der Waals surface area contributed by atoms with Crippen LogP contribution in [0.25, 0.3) is 5.57 Å². The third kappa shape index (κ3) is 7.16. The highest BCUT2D eigenvalue weighted by atomic mass is 32.2. The quantitative estimate of drug-likeness (QED) is 0.418. The number of hydroxylamine groups is 1. The summed E-state index contributed by atoms with van der Waals surface area (Å²) < 4.78 is 28.7. The predicted molar refractivity (Wildman–Crippen MR) is 140 cm³/mol. The van der Waals surface area contributed by atoms with Gasteiger partial charge in [-0.1, -0.05) is 30.3 Å². The van der Waals surface area contributed by atoms with Crippen LogP contribution in [0.5, 0.6) is 0 Å². The van der Waals surface area contributed by atoms with Gasteiger partial charge in [0.05, 0.1) is 19.8 Å². The van der Waals surface area contributed by atoms with Crippen LogP contribution in [0.3, 0.4) is 0 Å². The van der Waals surface area contributed by atoms with Gasteiger partial charge in [0.2, 0.25) is 0 Å². The molecule has 0 unspecified atom stereocenters. The first-order valence-electron chi connectivity index (χ1n) is 12.1. The Labute approximate surface area is 217 Å². The Morgan fingerprint density at radius 2 is 1.81 bits per heavy atom. The highest BCUT2D eigenvalue weighted by molar-refractivity contribution is 7.90. The molecule has 3 amide bonds. The van der Waals surface area contributed by atoms with Crippen molar-refractivity contribution in [3.63, 3.8) is 0 Å². The lowest BCUT2D eigenvalue weighted by molar-refractivity contribution is 0.0548. The van der Waals surface area contributed by atoms with E-state index in [-0.39, 0.29) is 11.9 Å². The Morgan fingerprint density at radius 3 is 2.43 bits per heavy atom. The zero-order valence-corrected chi connectivity index (χ0v) is 21.6. The van der Waals surface area contributed by atoms with Crippen LogP contribution in [0.2, 0.25) is 0 Å². The molecule has 0 aromatic heterocycles. The topological polar surface area (TPSA) is 119 Å². The molecule has 1 fully saturated rings. The van der Waals surface area contributed by atoms with Crippen molar-refractivity contribution in [1.82, 2.24) is 15.3 Å². The van der Waals surface area contributed by atoms with Crippen molar-refractivity contribution in [2.75, 3.05) is 56.4 Å². The third-order valence-corrected chi connectivity index (χ3v) is 7.24. The zero-order chi connectivity index (χ0) is 26.4. The molecule has 4 rings (SSSR count). The van der Waals surface area contributed by atoms with Crippen LogP contribution in [0.1, 0.15) is 27.9 Å². The van der Waals surface area contributed by atoms with Crippen molar-refractivity contribution in [2.24, 2.45) is 0 Å². The molecule has 0 saturated carbocycles. The highest BCUT2D eigenvalue weighted by Crippen LogP contribution is 2.28. The first kappa shape index (κ1) is 26.8. The standard InChI is InChI=1S/C26H32N4O6S/c1-37(34,35)19-28-11-9-21(10-12-28)23-3-2-4-24(17-23)30(26(32)29-13-15-36-16-14-29)18-20-5-7-22(8-6-20)25(31)27-33/h2-9,17,33H,10-16,18-19H2,1H3,(H,27,31). The van der Waals surface area contributed by atoms with Crippen LogP contribution in [-0.2, 0) is 21.1 Å². The number of amides is 3. The molecule has 2 heterocycles. The van der Waals surface area contributed by atoms with Gasteiger partial charge in [-0.2, -0.15) is 0 Å². The number of nitrogens with one attached hydrogen (secondary N) is 1. The molecule has 0 spiro atoms. The number of urea groups is 1. The minimum absolute atomic E-state index is 0.0391. The van der Waals surface area contributed by atoms with E-state index in [9.17, 15) is 18.0 Å². The molecule has 2 aliphatic heterocycles. The maximum absolute atomic E-state index is 13.6. The number of carbonyl (C=O) groups excluding carboxylic acids is 2. The molecule has 0 radical (unpaired) electrons. The summed E-state index contributed by atoms with van der Waals surface area (Å²) in [7, 11) is -3.08. The number of morpholine rings is 1. The summed E-state index contributed by atoms with van der Waals surface area (Å²) in [6.07, 6.45) is 4.00. The molecule has 1 saturated heterocycles. The summed E-state index contributed by atoms with van der Waals surface area (Å²) in [4.78, 5) is 30.7. The average molecular weight is 529 g/mol. The number of nitrogens with zero attached hydrogens (tertiary/aromatic N) is 3. The van der Waals surface area contributed by atoms with Crippen LogP contribution in [0, 0.1) is 0 Å². The molecule has 0 atom stereocenters. The van der Waals surface area contributed by atoms with E-state index >= 15 is 0 Å². The first-order valence-corrected chi connectivity index (χ1v) is 14.2. The first-order chi connectivity index (χ1) is 17.7. The highest BCUT2D eigenvalue weighted by Gasteiger charge is 2.25. The lowest BCUT2D eigenvalue weighted by Crippen LogP contribution is -2.48. The fourth-order valence-corrected chi connectivity index (χ4v) is 5.40. The summed E-state index contributed by atoms with van der Waals surface area (Å²) in [6.45, 7) is 3.48. The molecule has 0 bridgehead atoms. The molecule has 2 aliphatic rings. The van der Waals surface area contributed by atoms with Gasteiger partial charge in [0.1, 0.15) is 5.88 Å². The molecule has 0 aliphatic carbocycles. The molecule has 2 N–H and O–H groups in total. The second kappa shape index (κ2) is 11.9. The Bertz CT molecular complexity index is 1260. The SMILES string of the molecule is CS(=O)(=O)CN1CC=C(c2cccc(N(Cc3ccc(C(=O)NO)cc3)C(=O)N3CCOCC3)c2)CC1. The molecule has 11 heteroatoms. The van der Waals surface area contributed by atoms with E-state index in [1.54, 1.807) is 39.5 Å². The normalized spacial score (nSPS) is 16.7. The van der Waals surface area contributed by atoms with E-state index < -0.39 is 15.7 Å². The van der Waals surface area contributed by atoms with E-state index in [4.69, 9.17) is 9.94 Å². The maximum Gasteiger partial charge on any atom is 0.324 e. The van der Waals surface area contributed by atoms with Crippen molar-refractivity contribution in [3.8, 4) is 0 Å². The predicted octanol–water partition coefficient (Wildman–Crippen LogP) is 2.36. The van der Waals surface area contributed by atoms with E-state index in [1.165, 1.54) is 6.26 Å². The Morgan fingerprint density at radius 1 is 1.08 bits per heavy atom. The van der Waals surface area contributed by atoms with Gasteiger partial charge < -0.3 is 9.64 Å². The molecule has 2 aromatic rings. The summed E-state index contributed by atoms with van der Waals surface area (Å²) in [5.41, 5.74) is 5.61. The Hall–Kier alpha value is -3.25.